The van der Waals surface area contributed by atoms with Crippen LogP contribution in [0.1, 0.15) is 23.7 Å². The van der Waals surface area contributed by atoms with E-state index >= 15 is 0 Å². The predicted octanol–water partition coefficient (Wildman–Crippen LogP) is 2.82. The van der Waals surface area contributed by atoms with Gasteiger partial charge in [0, 0.05) is 12.1 Å². The molecular weight excluding hydrogens is 275 g/mol. The van der Waals surface area contributed by atoms with Gasteiger partial charge in [-0.2, -0.15) is 13.2 Å². The fourth-order valence-electron chi connectivity index (χ4n) is 1.48. The number of benzene rings is 1. The molecule has 20 heavy (non-hydrogen) atoms. The molecule has 0 aromatic heterocycles. The largest absolute Gasteiger partial charge is 0.493 e. The third-order valence-corrected chi connectivity index (χ3v) is 2.34. The van der Waals surface area contributed by atoms with Gasteiger partial charge >= 0.3 is 6.18 Å². The quantitative estimate of drug-likeness (QED) is 0.477. The number of alkyl halides is 3. The molecule has 0 radical (unpaired) electrons. The molecule has 7 heteroatoms. The van der Waals surface area contributed by atoms with E-state index in [0.29, 0.717) is 17.0 Å². The standard InChI is InChI=1S/C13H16F3NO3/c1-9(18)11-7-10(17)3-4-12(11)20-6-2-5-19-8-13(14,15)16/h3-4,7H,2,5-6,8,17H2,1H3. The molecule has 0 heterocycles. The highest BCUT2D eigenvalue weighted by atomic mass is 19.4. The summed E-state index contributed by atoms with van der Waals surface area (Å²) < 4.78 is 45.2. The van der Waals surface area contributed by atoms with Crippen molar-refractivity contribution in [1.29, 1.82) is 0 Å². The van der Waals surface area contributed by atoms with E-state index in [0.717, 1.165) is 0 Å². The van der Waals surface area contributed by atoms with Gasteiger partial charge in [0.25, 0.3) is 0 Å². The van der Waals surface area contributed by atoms with E-state index in [1.54, 1.807) is 12.1 Å². The average molecular weight is 291 g/mol. The molecule has 0 aliphatic rings. The van der Waals surface area contributed by atoms with Crippen LogP contribution in [0.3, 0.4) is 0 Å². The number of Topliss-reactive ketones (excluding diaryl/α,β-unsaturated/α-hetero) is 1. The maximum absolute atomic E-state index is 11.8. The summed E-state index contributed by atoms with van der Waals surface area (Å²) >= 11 is 0. The maximum atomic E-state index is 11.8. The van der Waals surface area contributed by atoms with Gasteiger partial charge in [0.2, 0.25) is 0 Å². The lowest BCUT2D eigenvalue weighted by atomic mass is 10.1. The van der Waals surface area contributed by atoms with Gasteiger partial charge in [0.15, 0.2) is 5.78 Å². The minimum atomic E-state index is -4.32. The monoisotopic (exact) mass is 291 g/mol. The van der Waals surface area contributed by atoms with Crippen LogP contribution in [0, 0.1) is 0 Å². The van der Waals surface area contributed by atoms with Gasteiger partial charge < -0.3 is 15.2 Å². The Morgan fingerprint density at radius 1 is 1.30 bits per heavy atom. The number of nitrogens with two attached hydrogens (primary N) is 1. The van der Waals surface area contributed by atoms with Crippen LogP contribution in [0.4, 0.5) is 18.9 Å². The molecule has 1 aromatic rings. The van der Waals surface area contributed by atoms with E-state index in [9.17, 15) is 18.0 Å². The fraction of sp³-hybridized carbons (Fsp3) is 0.462. The number of hydrogen-bond donors (Lipinski definition) is 1. The Kier molecular flexibility index (Phi) is 5.82. The molecular formula is C13H16F3NO3. The zero-order valence-electron chi connectivity index (χ0n) is 11.0. The highest BCUT2D eigenvalue weighted by molar-refractivity contribution is 5.97. The molecule has 4 nitrogen and oxygen atoms in total. The van der Waals surface area contributed by atoms with Gasteiger partial charge in [0.1, 0.15) is 12.4 Å². The van der Waals surface area contributed by atoms with Crippen LogP contribution in [0.25, 0.3) is 0 Å². The molecule has 0 fully saturated rings. The molecule has 0 aliphatic heterocycles. The van der Waals surface area contributed by atoms with E-state index in [4.69, 9.17) is 10.5 Å². The van der Waals surface area contributed by atoms with Crippen molar-refractivity contribution in [3.05, 3.63) is 23.8 Å². The van der Waals surface area contributed by atoms with Crippen LogP contribution in [-0.2, 0) is 4.74 Å². The average Bonchev–Trinajstić information content (AvgIpc) is 2.33. The highest BCUT2D eigenvalue weighted by Gasteiger charge is 2.27. The molecule has 1 aromatic carbocycles. The highest BCUT2D eigenvalue weighted by Crippen LogP contribution is 2.22. The Balaban J connectivity index is 2.37. The summed E-state index contributed by atoms with van der Waals surface area (Å²) in [4.78, 5) is 11.4. The molecule has 0 saturated carbocycles. The van der Waals surface area contributed by atoms with Crippen molar-refractivity contribution in [3.63, 3.8) is 0 Å². The Morgan fingerprint density at radius 2 is 2.00 bits per heavy atom. The molecule has 2 N–H and O–H groups in total. The number of ketones is 1. The van der Waals surface area contributed by atoms with Gasteiger partial charge in [-0.15, -0.1) is 0 Å². The van der Waals surface area contributed by atoms with Crippen LogP contribution < -0.4 is 10.5 Å². The first-order valence-corrected chi connectivity index (χ1v) is 5.97. The van der Waals surface area contributed by atoms with Crippen molar-refractivity contribution in [2.75, 3.05) is 25.6 Å². The smallest absolute Gasteiger partial charge is 0.411 e. The lowest BCUT2D eigenvalue weighted by Crippen LogP contribution is -2.18. The molecule has 0 aliphatic carbocycles. The van der Waals surface area contributed by atoms with E-state index in [1.165, 1.54) is 13.0 Å². The summed E-state index contributed by atoms with van der Waals surface area (Å²) in [6.07, 6.45) is -4.03. The summed E-state index contributed by atoms with van der Waals surface area (Å²) in [6.45, 7) is 0.202. The molecule has 0 unspecified atom stereocenters. The number of carbonyl (C=O) groups excluding carboxylic acids is 1. The van der Waals surface area contributed by atoms with Crippen LogP contribution >= 0.6 is 0 Å². The first kappa shape index (κ1) is 16.3. The van der Waals surface area contributed by atoms with Crippen molar-refractivity contribution < 1.29 is 27.4 Å². The Morgan fingerprint density at radius 3 is 2.60 bits per heavy atom. The summed E-state index contributed by atoms with van der Waals surface area (Å²) in [5.41, 5.74) is 6.36. The summed E-state index contributed by atoms with van der Waals surface area (Å²) in [6, 6.07) is 4.64. The number of halogens is 3. The molecule has 0 amide bonds. The number of hydrogen-bond acceptors (Lipinski definition) is 4. The second-order valence-electron chi connectivity index (χ2n) is 4.18. The van der Waals surface area contributed by atoms with Crippen molar-refractivity contribution in [1.82, 2.24) is 0 Å². The molecule has 0 spiro atoms. The minimum absolute atomic E-state index is 0.0656. The number of anilines is 1. The number of ether oxygens (including phenoxy) is 2. The van der Waals surface area contributed by atoms with Crippen LogP contribution in [-0.4, -0.2) is 31.8 Å². The third-order valence-electron chi connectivity index (χ3n) is 2.34. The second kappa shape index (κ2) is 7.14. The van der Waals surface area contributed by atoms with Gasteiger partial charge in [0.05, 0.1) is 18.8 Å². The SMILES string of the molecule is CC(=O)c1cc(N)ccc1OCCCOCC(F)(F)F. The third kappa shape index (κ3) is 5.92. The number of rotatable bonds is 7. The number of nitrogen functional groups attached to an aromatic ring is 1. The Bertz CT molecular complexity index is 461. The van der Waals surface area contributed by atoms with Gasteiger partial charge in [-0.3, -0.25) is 4.79 Å². The minimum Gasteiger partial charge on any atom is -0.493 e. The van der Waals surface area contributed by atoms with Crippen molar-refractivity contribution >= 4 is 11.5 Å². The van der Waals surface area contributed by atoms with E-state index in [-0.39, 0.29) is 25.4 Å². The van der Waals surface area contributed by atoms with Gasteiger partial charge in [-0.05, 0) is 25.1 Å². The van der Waals surface area contributed by atoms with Crippen molar-refractivity contribution in [2.45, 2.75) is 19.5 Å². The van der Waals surface area contributed by atoms with E-state index in [1.807, 2.05) is 0 Å². The molecule has 0 saturated heterocycles. The normalized spacial score (nSPS) is 11.4. The van der Waals surface area contributed by atoms with Crippen LogP contribution in [0.5, 0.6) is 5.75 Å². The molecule has 0 atom stereocenters. The molecule has 1 rings (SSSR count). The summed E-state index contributed by atoms with van der Waals surface area (Å²) in [5, 5.41) is 0. The van der Waals surface area contributed by atoms with Crippen LogP contribution in [0.15, 0.2) is 18.2 Å². The lowest BCUT2D eigenvalue weighted by molar-refractivity contribution is -0.174. The van der Waals surface area contributed by atoms with E-state index < -0.39 is 12.8 Å². The van der Waals surface area contributed by atoms with Crippen molar-refractivity contribution in [3.8, 4) is 5.75 Å². The van der Waals surface area contributed by atoms with Crippen LogP contribution in [0.2, 0.25) is 0 Å². The second-order valence-corrected chi connectivity index (χ2v) is 4.18. The van der Waals surface area contributed by atoms with Crippen molar-refractivity contribution in [2.24, 2.45) is 0 Å². The van der Waals surface area contributed by atoms with Gasteiger partial charge in [-0.25, -0.2) is 0 Å². The Labute approximate surface area is 114 Å². The Hall–Kier alpha value is -1.76. The zero-order valence-corrected chi connectivity index (χ0v) is 11.0. The summed E-state index contributed by atoms with van der Waals surface area (Å²) in [5.74, 6) is 0.170. The fourth-order valence-corrected chi connectivity index (χ4v) is 1.48. The number of carbonyl (C=O) groups is 1. The summed E-state index contributed by atoms with van der Waals surface area (Å²) in [7, 11) is 0. The van der Waals surface area contributed by atoms with Gasteiger partial charge in [-0.1, -0.05) is 0 Å². The lowest BCUT2D eigenvalue weighted by Gasteiger charge is -2.11. The molecule has 112 valence electrons. The zero-order chi connectivity index (χ0) is 15.2. The first-order valence-electron chi connectivity index (χ1n) is 5.97. The topological polar surface area (TPSA) is 61.6 Å². The molecule has 0 bridgehead atoms. The van der Waals surface area contributed by atoms with E-state index in [2.05, 4.69) is 4.74 Å². The first-order chi connectivity index (χ1) is 9.29. The predicted molar refractivity (Wildman–Crippen MR) is 67.8 cm³/mol. The maximum Gasteiger partial charge on any atom is 0.411 e.